The summed E-state index contributed by atoms with van der Waals surface area (Å²) in [6, 6.07) is 1.49. The van der Waals surface area contributed by atoms with E-state index < -0.39 is 4.92 Å². The second-order valence-corrected chi connectivity index (χ2v) is 4.73. The average Bonchev–Trinajstić information content (AvgIpc) is 2.28. The summed E-state index contributed by atoms with van der Waals surface area (Å²) in [5, 5.41) is 14.0. The summed E-state index contributed by atoms with van der Waals surface area (Å²) in [5.41, 5.74) is 0.711. The zero-order chi connectivity index (χ0) is 13.1. The van der Waals surface area contributed by atoms with E-state index in [1.165, 1.54) is 6.07 Å². The number of nitrogens with zero attached hydrogens (tertiary/aromatic N) is 2. The molecule has 1 fully saturated rings. The molecule has 2 rings (SSSR count). The number of aryl methyl sites for hydroxylation is 1. The first-order valence-corrected chi connectivity index (χ1v) is 6.02. The van der Waals surface area contributed by atoms with Crippen LogP contribution in [0.5, 0.6) is 5.88 Å². The Hall–Kier alpha value is -1.69. The highest BCUT2D eigenvalue weighted by Crippen LogP contribution is 2.33. The first kappa shape index (κ1) is 12.8. The van der Waals surface area contributed by atoms with E-state index in [9.17, 15) is 10.1 Å². The monoisotopic (exact) mass is 251 g/mol. The first-order valence-electron chi connectivity index (χ1n) is 6.02. The van der Waals surface area contributed by atoms with Crippen molar-refractivity contribution in [2.45, 2.75) is 25.9 Å². The Labute approximate surface area is 106 Å². The van der Waals surface area contributed by atoms with Gasteiger partial charge in [-0.1, -0.05) is 0 Å². The molecule has 0 saturated heterocycles. The Balaban J connectivity index is 2.00. The number of aromatic nitrogens is 1. The summed E-state index contributed by atoms with van der Waals surface area (Å²) in [6.07, 6.45) is 3.49. The zero-order valence-corrected chi connectivity index (χ0v) is 10.5. The highest BCUT2D eigenvalue weighted by Gasteiger charge is 2.32. The molecule has 1 saturated carbocycles. The van der Waals surface area contributed by atoms with Gasteiger partial charge in [0, 0.05) is 12.3 Å². The predicted molar refractivity (Wildman–Crippen MR) is 66.7 cm³/mol. The van der Waals surface area contributed by atoms with Crippen LogP contribution in [-0.4, -0.2) is 29.6 Å². The normalized spacial score (nSPS) is 22.3. The molecule has 0 bridgehead atoms. The number of hydrogen-bond donors (Lipinski definition) is 1. The molecule has 1 aliphatic rings. The maximum absolute atomic E-state index is 10.9. The van der Waals surface area contributed by atoms with Crippen LogP contribution >= 0.6 is 0 Å². The molecule has 0 aromatic carbocycles. The number of rotatable bonds is 5. The Morgan fingerprint density at radius 3 is 2.94 bits per heavy atom. The van der Waals surface area contributed by atoms with Crippen LogP contribution in [0.4, 0.5) is 5.69 Å². The molecule has 18 heavy (non-hydrogen) atoms. The van der Waals surface area contributed by atoms with E-state index >= 15 is 0 Å². The van der Waals surface area contributed by atoms with Crippen molar-refractivity contribution >= 4 is 5.69 Å². The average molecular weight is 251 g/mol. The summed E-state index contributed by atoms with van der Waals surface area (Å²) in [6.45, 7) is 2.74. The van der Waals surface area contributed by atoms with Crippen molar-refractivity contribution in [2.75, 3.05) is 13.6 Å². The Morgan fingerprint density at radius 1 is 1.61 bits per heavy atom. The third kappa shape index (κ3) is 2.76. The van der Waals surface area contributed by atoms with E-state index in [4.69, 9.17) is 4.74 Å². The number of hydrogen-bond acceptors (Lipinski definition) is 5. The van der Waals surface area contributed by atoms with Crippen molar-refractivity contribution in [3.05, 3.63) is 27.9 Å². The maximum Gasteiger partial charge on any atom is 0.331 e. The second-order valence-electron chi connectivity index (χ2n) is 4.73. The molecule has 0 aliphatic heterocycles. The molecule has 1 N–H and O–H groups in total. The van der Waals surface area contributed by atoms with Crippen molar-refractivity contribution in [3.8, 4) is 5.88 Å². The van der Waals surface area contributed by atoms with Gasteiger partial charge in [-0.2, -0.15) is 0 Å². The van der Waals surface area contributed by atoms with E-state index in [0.717, 1.165) is 24.9 Å². The van der Waals surface area contributed by atoms with Gasteiger partial charge in [0.1, 0.15) is 6.10 Å². The van der Waals surface area contributed by atoms with Crippen molar-refractivity contribution in [2.24, 2.45) is 5.92 Å². The summed E-state index contributed by atoms with van der Waals surface area (Å²) in [4.78, 5) is 14.5. The van der Waals surface area contributed by atoms with E-state index in [0.29, 0.717) is 5.92 Å². The van der Waals surface area contributed by atoms with E-state index in [2.05, 4.69) is 10.3 Å². The molecule has 0 radical (unpaired) electrons. The summed E-state index contributed by atoms with van der Waals surface area (Å²) in [7, 11) is 1.92. The molecule has 0 atom stereocenters. The fourth-order valence-corrected chi connectivity index (χ4v) is 2.15. The van der Waals surface area contributed by atoms with Crippen LogP contribution < -0.4 is 10.1 Å². The maximum atomic E-state index is 10.9. The summed E-state index contributed by atoms with van der Waals surface area (Å²) >= 11 is 0. The quantitative estimate of drug-likeness (QED) is 0.636. The van der Waals surface area contributed by atoms with Gasteiger partial charge in [-0.15, -0.1) is 0 Å². The molecule has 0 spiro atoms. The van der Waals surface area contributed by atoms with Crippen LogP contribution in [0.2, 0.25) is 0 Å². The Kier molecular flexibility index (Phi) is 3.76. The van der Waals surface area contributed by atoms with Crippen molar-refractivity contribution < 1.29 is 9.66 Å². The Morgan fingerprint density at radius 2 is 2.33 bits per heavy atom. The number of nitro groups is 1. The third-order valence-corrected chi connectivity index (χ3v) is 3.13. The number of ether oxygens (including phenoxy) is 1. The van der Waals surface area contributed by atoms with Crippen LogP contribution in [-0.2, 0) is 0 Å². The van der Waals surface area contributed by atoms with Crippen LogP contribution in [0.25, 0.3) is 0 Å². The SMILES string of the molecule is CNCC1CC(Oc2ncc(C)cc2[N+](=O)[O-])C1. The molecule has 1 aromatic heterocycles. The van der Waals surface area contributed by atoms with Crippen molar-refractivity contribution in [1.82, 2.24) is 10.3 Å². The highest BCUT2D eigenvalue weighted by molar-refractivity contribution is 5.42. The lowest BCUT2D eigenvalue weighted by Crippen LogP contribution is -2.38. The summed E-state index contributed by atoms with van der Waals surface area (Å²) < 4.78 is 5.59. The van der Waals surface area contributed by atoms with Gasteiger partial charge < -0.3 is 10.1 Å². The smallest absolute Gasteiger partial charge is 0.331 e. The van der Waals surface area contributed by atoms with E-state index in [1.807, 2.05) is 7.05 Å². The lowest BCUT2D eigenvalue weighted by atomic mass is 9.82. The van der Waals surface area contributed by atoms with Gasteiger partial charge in [0.25, 0.3) is 5.88 Å². The van der Waals surface area contributed by atoms with Gasteiger partial charge in [0.15, 0.2) is 0 Å². The molecule has 1 heterocycles. The lowest BCUT2D eigenvalue weighted by molar-refractivity contribution is -0.386. The zero-order valence-electron chi connectivity index (χ0n) is 10.5. The second kappa shape index (κ2) is 5.30. The number of pyridine rings is 1. The van der Waals surface area contributed by atoms with Gasteiger partial charge in [0.2, 0.25) is 0 Å². The standard InChI is InChI=1S/C12H17N3O3/c1-8-3-11(15(16)17)12(14-6-8)18-10-4-9(5-10)7-13-2/h3,6,9-10,13H,4-5,7H2,1-2H3. The topological polar surface area (TPSA) is 77.3 Å². The van der Waals surface area contributed by atoms with Gasteiger partial charge in [-0.3, -0.25) is 10.1 Å². The van der Waals surface area contributed by atoms with Crippen LogP contribution in [0.15, 0.2) is 12.3 Å². The van der Waals surface area contributed by atoms with Crippen molar-refractivity contribution in [3.63, 3.8) is 0 Å². The minimum atomic E-state index is -0.445. The molecule has 98 valence electrons. The van der Waals surface area contributed by atoms with E-state index in [-0.39, 0.29) is 17.7 Å². The summed E-state index contributed by atoms with van der Waals surface area (Å²) in [5.74, 6) is 0.739. The fraction of sp³-hybridized carbons (Fsp3) is 0.583. The number of nitrogens with one attached hydrogen (secondary N) is 1. The molecule has 6 nitrogen and oxygen atoms in total. The largest absolute Gasteiger partial charge is 0.469 e. The van der Waals surface area contributed by atoms with Gasteiger partial charge in [-0.05, 0) is 44.8 Å². The van der Waals surface area contributed by atoms with Crippen LogP contribution in [0.3, 0.4) is 0 Å². The minimum Gasteiger partial charge on any atom is -0.469 e. The molecular weight excluding hydrogens is 234 g/mol. The van der Waals surface area contributed by atoms with Crippen LogP contribution in [0.1, 0.15) is 18.4 Å². The van der Waals surface area contributed by atoms with Crippen LogP contribution in [0, 0.1) is 23.0 Å². The highest BCUT2D eigenvalue weighted by atomic mass is 16.6. The van der Waals surface area contributed by atoms with Gasteiger partial charge in [0.05, 0.1) is 4.92 Å². The Bertz CT molecular complexity index is 444. The molecule has 6 heteroatoms. The molecular formula is C12H17N3O3. The fourth-order valence-electron chi connectivity index (χ4n) is 2.15. The molecule has 1 aliphatic carbocycles. The molecule has 1 aromatic rings. The third-order valence-electron chi connectivity index (χ3n) is 3.13. The van der Waals surface area contributed by atoms with Gasteiger partial charge >= 0.3 is 5.69 Å². The first-order chi connectivity index (χ1) is 8.60. The minimum absolute atomic E-state index is 0.0490. The van der Waals surface area contributed by atoms with E-state index in [1.54, 1.807) is 13.1 Å². The van der Waals surface area contributed by atoms with Crippen molar-refractivity contribution in [1.29, 1.82) is 0 Å². The molecule has 0 unspecified atom stereocenters. The predicted octanol–water partition coefficient (Wildman–Crippen LogP) is 1.68. The van der Waals surface area contributed by atoms with Gasteiger partial charge in [-0.25, -0.2) is 4.98 Å². The lowest BCUT2D eigenvalue weighted by Gasteiger charge is -2.34. The molecule has 0 amide bonds.